The number of likely N-dealkylation sites (N-methyl/N-ethyl adjacent to an activating group) is 1. The summed E-state index contributed by atoms with van der Waals surface area (Å²) >= 11 is 0. The molecule has 0 aliphatic heterocycles. The maximum atomic E-state index is 9.93. The average molecular weight is 298 g/mol. The molecule has 3 unspecified atom stereocenters. The van der Waals surface area contributed by atoms with Crippen LogP contribution in [0.1, 0.15) is 45.4 Å². The maximum Gasteiger partial charge on any atom is 0.0899 e. The highest BCUT2D eigenvalue weighted by Gasteiger charge is 2.37. The van der Waals surface area contributed by atoms with E-state index in [-0.39, 0.29) is 6.10 Å². The molecule has 2 aliphatic carbocycles. The topological polar surface area (TPSA) is 44.7 Å². The highest BCUT2D eigenvalue weighted by Crippen LogP contribution is 2.40. The molecule has 4 nitrogen and oxygen atoms in total. The van der Waals surface area contributed by atoms with E-state index in [1.807, 2.05) is 0 Å². The van der Waals surface area contributed by atoms with Crippen LogP contribution in [-0.2, 0) is 4.74 Å². The highest BCUT2D eigenvalue weighted by atomic mass is 16.5. The van der Waals surface area contributed by atoms with Crippen LogP contribution < -0.4 is 5.32 Å². The normalized spacial score (nSPS) is 31.6. The van der Waals surface area contributed by atoms with Crippen LogP contribution in [0.4, 0.5) is 0 Å². The fourth-order valence-electron chi connectivity index (χ4n) is 4.02. The summed E-state index contributed by atoms with van der Waals surface area (Å²) in [5.74, 6) is 0.831. The molecule has 3 atom stereocenters. The molecule has 0 aromatic carbocycles. The van der Waals surface area contributed by atoms with Crippen molar-refractivity contribution >= 4 is 0 Å². The number of ether oxygens (including phenoxy) is 1. The molecular weight excluding hydrogens is 264 g/mol. The van der Waals surface area contributed by atoms with Crippen LogP contribution in [0.2, 0.25) is 0 Å². The smallest absolute Gasteiger partial charge is 0.0899 e. The van der Waals surface area contributed by atoms with Crippen LogP contribution in [-0.4, -0.2) is 62.6 Å². The quantitative estimate of drug-likeness (QED) is 0.682. The van der Waals surface area contributed by atoms with Gasteiger partial charge in [-0.15, -0.1) is 0 Å². The van der Waals surface area contributed by atoms with E-state index in [1.165, 1.54) is 38.5 Å². The predicted octanol–water partition coefficient (Wildman–Crippen LogP) is 1.87. The second kappa shape index (κ2) is 7.91. The third-order valence-corrected chi connectivity index (χ3v) is 5.02. The van der Waals surface area contributed by atoms with Crippen molar-refractivity contribution in [1.82, 2.24) is 10.2 Å². The average Bonchev–Trinajstić information content (AvgIpc) is 3.20. The summed E-state index contributed by atoms with van der Waals surface area (Å²) in [6, 6.07) is 0.781. The van der Waals surface area contributed by atoms with Crippen LogP contribution in [0.3, 0.4) is 0 Å². The molecule has 2 rings (SSSR count). The molecule has 0 bridgehead atoms. The third kappa shape index (κ3) is 5.85. The van der Waals surface area contributed by atoms with Gasteiger partial charge in [0.15, 0.2) is 0 Å². The molecule has 0 saturated heterocycles. The van der Waals surface area contributed by atoms with Crippen molar-refractivity contribution in [3.63, 3.8) is 0 Å². The fraction of sp³-hybridized carbons (Fsp3) is 1.00. The molecule has 2 saturated carbocycles. The van der Waals surface area contributed by atoms with Crippen molar-refractivity contribution in [3.05, 3.63) is 0 Å². The van der Waals surface area contributed by atoms with Crippen molar-refractivity contribution in [2.75, 3.05) is 40.4 Å². The molecule has 21 heavy (non-hydrogen) atoms. The van der Waals surface area contributed by atoms with Gasteiger partial charge in [-0.2, -0.15) is 0 Å². The number of aliphatic hydroxyl groups excluding tert-OH is 1. The Morgan fingerprint density at radius 3 is 2.76 bits per heavy atom. The second-order valence-electron chi connectivity index (χ2n) is 7.66. The largest absolute Gasteiger partial charge is 0.389 e. The lowest BCUT2D eigenvalue weighted by Gasteiger charge is -2.43. The Kier molecular flexibility index (Phi) is 6.48. The van der Waals surface area contributed by atoms with Crippen molar-refractivity contribution in [3.8, 4) is 0 Å². The van der Waals surface area contributed by atoms with Gasteiger partial charge in [-0.25, -0.2) is 0 Å². The van der Waals surface area contributed by atoms with Gasteiger partial charge < -0.3 is 20.1 Å². The zero-order valence-electron chi connectivity index (χ0n) is 14.1. The number of hydrogen-bond acceptors (Lipinski definition) is 4. The molecule has 0 aromatic heterocycles. The maximum absolute atomic E-state index is 9.93. The second-order valence-corrected chi connectivity index (χ2v) is 7.66. The van der Waals surface area contributed by atoms with Crippen molar-refractivity contribution < 1.29 is 9.84 Å². The lowest BCUT2D eigenvalue weighted by atomic mass is 9.69. The number of hydrogen-bond donors (Lipinski definition) is 2. The van der Waals surface area contributed by atoms with Crippen LogP contribution >= 0.6 is 0 Å². The third-order valence-electron chi connectivity index (χ3n) is 5.02. The lowest BCUT2D eigenvalue weighted by Crippen LogP contribution is -2.47. The minimum Gasteiger partial charge on any atom is -0.389 e. The molecule has 0 spiro atoms. The van der Waals surface area contributed by atoms with Gasteiger partial charge in [-0.05, 0) is 44.1 Å². The highest BCUT2D eigenvalue weighted by molar-refractivity contribution is 4.92. The van der Waals surface area contributed by atoms with Gasteiger partial charge in [0.25, 0.3) is 0 Å². The summed E-state index contributed by atoms with van der Waals surface area (Å²) in [7, 11) is 3.78. The number of rotatable bonds is 9. The molecule has 2 fully saturated rings. The number of aliphatic hydroxyl groups is 1. The van der Waals surface area contributed by atoms with Gasteiger partial charge in [0.05, 0.1) is 12.7 Å². The summed E-state index contributed by atoms with van der Waals surface area (Å²) in [5, 5.41) is 13.7. The lowest BCUT2D eigenvalue weighted by molar-refractivity contribution is 0.0236. The number of methoxy groups -OCH3 is 1. The zero-order chi connectivity index (χ0) is 15.3. The standard InChI is InChI=1S/C17H34N2O2/c1-14-5-4-8-17(9-14,12-18-15-6-7-15)13-19(2)10-16(20)11-21-3/h14-16,18,20H,4-13H2,1-3H3. The first-order chi connectivity index (χ1) is 10.0. The Bertz CT molecular complexity index is 309. The van der Waals surface area contributed by atoms with Gasteiger partial charge in [0.2, 0.25) is 0 Å². The molecule has 4 heteroatoms. The minimum absolute atomic E-state index is 0.380. The molecule has 0 amide bonds. The summed E-state index contributed by atoms with van der Waals surface area (Å²) < 4.78 is 5.03. The van der Waals surface area contributed by atoms with Gasteiger partial charge in [-0.3, -0.25) is 0 Å². The van der Waals surface area contributed by atoms with Gasteiger partial charge in [-0.1, -0.05) is 19.8 Å². The minimum atomic E-state index is -0.380. The van der Waals surface area contributed by atoms with Crippen LogP contribution in [0.25, 0.3) is 0 Å². The van der Waals surface area contributed by atoms with E-state index in [0.29, 0.717) is 18.6 Å². The number of nitrogens with one attached hydrogen (secondary N) is 1. The van der Waals surface area contributed by atoms with Crippen LogP contribution in [0.15, 0.2) is 0 Å². The summed E-state index contributed by atoms with van der Waals surface area (Å²) in [6.45, 7) is 5.75. The van der Waals surface area contributed by atoms with E-state index in [0.717, 1.165) is 25.0 Å². The molecular formula is C17H34N2O2. The van der Waals surface area contributed by atoms with E-state index >= 15 is 0 Å². The van der Waals surface area contributed by atoms with Crippen LogP contribution in [0.5, 0.6) is 0 Å². The van der Waals surface area contributed by atoms with Gasteiger partial charge >= 0.3 is 0 Å². The van der Waals surface area contributed by atoms with E-state index in [9.17, 15) is 5.11 Å². The van der Waals surface area contributed by atoms with Crippen molar-refractivity contribution in [2.24, 2.45) is 11.3 Å². The zero-order valence-corrected chi connectivity index (χ0v) is 14.1. The Morgan fingerprint density at radius 2 is 2.14 bits per heavy atom. The van der Waals surface area contributed by atoms with Crippen molar-refractivity contribution in [1.29, 1.82) is 0 Å². The van der Waals surface area contributed by atoms with E-state index in [1.54, 1.807) is 7.11 Å². The van der Waals surface area contributed by atoms with E-state index in [4.69, 9.17) is 4.74 Å². The molecule has 2 N–H and O–H groups in total. The molecule has 2 aliphatic rings. The van der Waals surface area contributed by atoms with Gasteiger partial charge in [0.1, 0.15) is 0 Å². The summed E-state index contributed by atoms with van der Waals surface area (Å²) in [6.07, 6.45) is 7.69. The Morgan fingerprint density at radius 1 is 1.38 bits per heavy atom. The molecule has 0 radical (unpaired) electrons. The number of nitrogens with zero attached hydrogens (tertiary/aromatic N) is 1. The van der Waals surface area contributed by atoms with E-state index in [2.05, 4.69) is 24.2 Å². The Labute approximate surface area is 130 Å². The first kappa shape index (κ1) is 17.2. The van der Waals surface area contributed by atoms with Crippen LogP contribution in [0, 0.1) is 11.3 Å². The summed E-state index contributed by atoms with van der Waals surface area (Å²) in [4.78, 5) is 2.30. The van der Waals surface area contributed by atoms with Crippen molar-refractivity contribution in [2.45, 2.75) is 57.6 Å². The monoisotopic (exact) mass is 298 g/mol. The Balaban J connectivity index is 1.87. The van der Waals surface area contributed by atoms with Gasteiger partial charge in [0, 0.05) is 32.8 Å². The van der Waals surface area contributed by atoms with E-state index < -0.39 is 0 Å². The first-order valence-electron chi connectivity index (χ1n) is 8.62. The molecule has 124 valence electrons. The predicted molar refractivity (Wildman–Crippen MR) is 86.5 cm³/mol. The SMILES string of the molecule is COCC(O)CN(C)CC1(CNC2CC2)CCCC(C)C1. The summed E-state index contributed by atoms with van der Waals surface area (Å²) in [5.41, 5.74) is 0.391. The molecule has 0 aromatic rings. The fourth-order valence-corrected chi connectivity index (χ4v) is 4.02. The first-order valence-corrected chi connectivity index (χ1v) is 8.62. The molecule has 0 heterocycles. The Hall–Kier alpha value is -0.160.